The minimum atomic E-state index is -1.09. The van der Waals surface area contributed by atoms with Crippen molar-refractivity contribution in [2.75, 3.05) is 6.61 Å². The van der Waals surface area contributed by atoms with E-state index in [2.05, 4.69) is 0 Å². The van der Waals surface area contributed by atoms with Gasteiger partial charge < -0.3 is 23.7 Å². The minimum absolute atomic E-state index is 0.206. The molecule has 1 rings (SSSR count). The highest BCUT2D eigenvalue weighted by atomic mass is 16.7. The van der Waals surface area contributed by atoms with E-state index in [1.807, 2.05) is 0 Å². The van der Waals surface area contributed by atoms with Crippen LogP contribution in [-0.2, 0) is 42.9 Å². The molecule has 1 fully saturated rings. The van der Waals surface area contributed by atoms with Crippen LogP contribution in [0.1, 0.15) is 34.6 Å². The second-order valence-corrected chi connectivity index (χ2v) is 5.40. The average molecular weight is 346 g/mol. The number of hydrogen-bond donors (Lipinski definition) is 0. The van der Waals surface area contributed by atoms with Gasteiger partial charge >= 0.3 is 23.9 Å². The Balaban J connectivity index is 3.11. The molecule has 0 aromatic heterocycles. The first-order chi connectivity index (χ1) is 11.1. The van der Waals surface area contributed by atoms with Crippen molar-refractivity contribution in [3.63, 3.8) is 0 Å². The summed E-state index contributed by atoms with van der Waals surface area (Å²) in [6, 6.07) is 0. The molecule has 0 amide bonds. The van der Waals surface area contributed by atoms with Crippen LogP contribution in [0.15, 0.2) is 0 Å². The summed E-state index contributed by atoms with van der Waals surface area (Å²) >= 11 is 0. The Morgan fingerprint density at radius 3 is 1.67 bits per heavy atom. The first kappa shape index (κ1) is 19.9. The van der Waals surface area contributed by atoms with Gasteiger partial charge in [0.1, 0.15) is 12.7 Å². The first-order valence-corrected chi connectivity index (χ1v) is 7.42. The highest BCUT2D eigenvalue weighted by Gasteiger charge is 2.50. The fourth-order valence-electron chi connectivity index (χ4n) is 2.44. The summed E-state index contributed by atoms with van der Waals surface area (Å²) in [5.74, 6) is -2.44. The molecule has 5 atom stereocenters. The fourth-order valence-corrected chi connectivity index (χ4v) is 2.44. The Kier molecular flexibility index (Phi) is 7.15. The maximum atomic E-state index is 11.4. The monoisotopic (exact) mass is 346 g/mol. The largest absolute Gasteiger partial charge is 0.463 e. The molecule has 0 spiro atoms. The number of carbonyl (C=O) groups excluding carboxylic acids is 4. The van der Waals surface area contributed by atoms with Gasteiger partial charge in [0.25, 0.3) is 0 Å². The van der Waals surface area contributed by atoms with Crippen molar-refractivity contribution in [2.45, 2.75) is 65.1 Å². The number of hydrogen-bond acceptors (Lipinski definition) is 9. The van der Waals surface area contributed by atoms with E-state index < -0.39 is 54.4 Å². The molecule has 1 aliphatic heterocycles. The minimum Gasteiger partial charge on any atom is -0.463 e. The lowest BCUT2D eigenvalue weighted by Crippen LogP contribution is -2.61. The van der Waals surface area contributed by atoms with Crippen LogP contribution in [0.25, 0.3) is 0 Å². The molecule has 1 saturated heterocycles. The van der Waals surface area contributed by atoms with E-state index in [0.29, 0.717) is 0 Å². The molecular weight excluding hydrogens is 324 g/mol. The second kappa shape index (κ2) is 8.62. The molecule has 136 valence electrons. The van der Waals surface area contributed by atoms with E-state index in [1.54, 1.807) is 6.92 Å². The van der Waals surface area contributed by atoms with Gasteiger partial charge in [0.05, 0.1) is 6.10 Å². The van der Waals surface area contributed by atoms with Gasteiger partial charge in [-0.2, -0.15) is 0 Å². The Morgan fingerprint density at radius 2 is 1.21 bits per heavy atom. The maximum Gasteiger partial charge on any atom is 0.303 e. The molecule has 0 aromatic carbocycles. The number of rotatable bonds is 5. The van der Waals surface area contributed by atoms with Crippen LogP contribution in [-0.4, -0.2) is 61.0 Å². The Hall–Kier alpha value is -2.16. The van der Waals surface area contributed by atoms with Gasteiger partial charge in [-0.15, -0.1) is 0 Å². The van der Waals surface area contributed by atoms with Gasteiger partial charge in [-0.3, -0.25) is 19.2 Å². The molecule has 1 heterocycles. The van der Waals surface area contributed by atoms with E-state index in [1.165, 1.54) is 27.7 Å². The second-order valence-electron chi connectivity index (χ2n) is 5.40. The van der Waals surface area contributed by atoms with Crippen molar-refractivity contribution in [2.24, 2.45) is 0 Å². The Bertz CT molecular complexity index is 501. The third-order valence-electron chi connectivity index (χ3n) is 3.22. The quantitative estimate of drug-likeness (QED) is 0.506. The smallest absolute Gasteiger partial charge is 0.303 e. The Morgan fingerprint density at radius 1 is 0.750 bits per heavy atom. The summed E-state index contributed by atoms with van der Waals surface area (Å²) in [7, 11) is 0. The Labute approximate surface area is 139 Å². The molecule has 0 aliphatic carbocycles. The van der Waals surface area contributed by atoms with Gasteiger partial charge in [0.2, 0.25) is 0 Å². The van der Waals surface area contributed by atoms with Crippen LogP contribution in [0.5, 0.6) is 0 Å². The summed E-state index contributed by atoms with van der Waals surface area (Å²) in [6.45, 7) is 6.17. The molecule has 1 aliphatic rings. The highest BCUT2D eigenvalue weighted by molar-refractivity contribution is 5.68. The van der Waals surface area contributed by atoms with Crippen LogP contribution < -0.4 is 0 Å². The predicted octanol–water partition coefficient (Wildman–Crippen LogP) is 0.132. The third kappa shape index (κ3) is 5.80. The summed E-state index contributed by atoms with van der Waals surface area (Å²) in [5, 5.41) is 0. The third-order valence-corrected chi connectivity index (χ3v) is 3.22. The summed E-state index contributed by atoms with van der Waals surface area (Å²) < 4.78 is 26.1. The van der Waals surface area contributed by atoms with E-state index >= 15 is 0 Å². The molecular formula is C15H22O9. The number of esters is 4. The van der Waals surface area contributed by atoms with Crippen molar-refractivity contribution in [1.29, 1.82) is 0 Å². The van der Waals surface area contributed by atoms with Crippen molar-refractivity contribution in [1.82, 2.24) is 0 Å². The lowest BCUT2D eigenvalue weighted by molar-refractivity contribution is -0.249. The topological polar surface area (TPSA) is 114 Å². The zero-order chi connectivity index (χ0) is 18.4. The van der Waals surface area contributed by atoms with Crippen LogP contribution in [0.3, 0.4) is 0 Å². The van der Waals surface area contributed by atoms with Crippen LogP contribution in [0.4, 0.5) is 0 Å². The maximum absolute atomic E-state index is 11.4. The molecule has 0 N–H and O–H groups in total. The van der Waals surface area contributed by atoms with Gasteiger partial charge in [0.15, 0.2) is 18.3 Å². The molecule has 0 aromatic rings. The van der Waals surface area contributed by atoms with Crippen molar-refractivity contribution in [3.8, 4) is 0 Å². The fraction of sp³-hybridized carbons (Fsp3) is 0.733. The van der Waals surface area contributed by atoms with Gasteiger partial charge in [0, 0.05) is 27.7 Å². The molecule has 0 bridgehead atoms. The molecule has 0 radical (unpaired) electrons. The van der Waals surface area contributed by atoms with Gasteiger partial charge in [-0.1, -0.05) is 0 Å². The van der Waals surface area contributed by atoms with Crippen LogP contribution in [0.2, 0.25) is 0 Å². The normalized spacial score (nSPS) is 29.3. The van der Waals surface area contributed by atoms with Crippen molar-refractivity contribution >= 4 is 23.9 Å². The molecule has 1 unspecified atom stereocenters. The highest BCUT2D eigenvalue weighted by Crippen LogP contribution is 2.28. The summed E-state index contributed by atoms with van der Waals surface area (Å²) in [6.07, 6.45) is -4.69. The lowest BCUT2D eigenvalue weighted by atomic mass is 9.95. The van der Waals surface area contributed by atoms with Crippen LogP contribution >= 0.6 is 0 Å². The zero-order valence-electron chi connectivity index (χ0n) is 14.3. The van der Waals surface area contributed by atoms with Gasteiger partial charge in [-0.05, 0) is 6.92 Å². The van der Waals surface area contributed by atoms with E-state index in [-0.39, 0.29) is 6.61 Å². The average Bonchev–Trinajstić information content (AvgIpc) is 2.42. The number of ether oxygens (including phenoxy) is 5. The van der Waals surface area contributed by atoms with Crippen molar-refractivity contribution in [3.05, 3.63) is 0 Å². The molecule has 9 nitrogen and oxygen atoms in total. The summed E-state index contributed by atoms with van der Waals surface area (Å²) in [4.78, 5) is 45.2. The van der Waals surface area contributed by atoms with E-state index in [0.717, 1.165) is 0 Å². The SMILES string of the molecule is CC(=O)OC[C@H]1OC(C)[C@H](OC(C)=O)[C@H](OC(C)=O)[C@H]1OC(C)=O. The van der Waals surface area contributed by atoms with E-state index in [9.17, 15) is 19.2 Å². The standard InChI is InChI=1S/C15H22O9/c1-7-13(22-9(3)17)15(24-11(5)19)14(23-10(4)18)12(21-7)6-20-8(2)16/h7,12-15H,6H2,1-5H3/t7?,12-,13+,14+,15+/m1/s1. The first-order valence-electron chi connectivity index (χ1n) is 7.42. The van der Waals surface area contributed by atoms with E-state index in [4.69, 9.17) is 23.7 Å². The predicted molar refractivity (Wildman–Crippen MR) is 77.6 cm³/mol. The number of carbonyl (C=O) groups is 4. The summed E-state index contributed by atoms with van der Waals surface area (Å²) in [5.41, 5.74) is 0. The van der Waals surface area contributed by atoms with Crippen LogP contribution in [0, 0.1) is 0 Å². The van der Waals surface area contributed by atoms with Gasteiger partial charge in [-0.25, -0.2) is 0 Å². The molecule has 9 heteroatoms. The molecule has 24 heavy (non-hydrogen) atoms. The zero-order valence-corrected chi connectivity index (χ0v) is 14.3. The van der Waals surface area contributed by atoms with Crippen molar-refractivity contribution < 1.29 is 42.9 Å². The molecule has 0 saturated carbocycles. The lowest BCUT2D eigenvalue weighted by Gasteiger charge is -2.43.